The number of ketones is 1. The van der Waals surface area contributed by atoms with Crippen molar-refractivity contribution in [2.24, 2.45) is 0 Å². The van der Waals surface area contributed by atoms with Crippen molar-refractivity contribution >= 4 is 52.2 Å². The number of Topliss-reactive ketones (excluding diaryl/α,β-unsaturated/α-hetero) is 1. The van der Waals surface area contributed by atoms with Gasteiger partial charge in [0.2, 0.25) is 0 Å². The van der Waals surface area contributed by atoms with Gasteiger partial charge < -0.3 is 0 Å². The molecule has 1 aliphatic carbocycles. The van der Waals surface area contributed by atoms with Gasteiger partial charge in [-0.3, -0.25) is 4.79 Å². The fourth-order valence-corrected chi connectivity index (χ4v) is 2.21. The Hall–Kier alpha value is 0.570. The molecule has 12 heavy (non-hydrogen) atoms. The van der Waals surface area contributed by atoms with Crippen molar-refractivity contribution in [2.75, 3.05) is 0 Å². The van der Waals surface area contributed by atoms with Gasteiger partial charge in [-0.25, -0.2) is 0 Å². The molecular formula is C7H6Cl4O. The lowest BCUT2D eigenvalue weighted by Crippen LogP contribution is -2.45. The molecule has 1 aliphatic rings. The second kappa shape index (κ2) is 3.75. The van der Waals surface area contributed by atoms with Gasteiger partial charge in [-0.15, -0.1) is 46.4 Å². The second-order valence-corrected chi connectivity index (χ2v) is 4.47. The quantitative estimate of drug-likeness (QED) is 0.475. The lowest BCUT2D eigenvalue weighted by atomic mass is 9.93. The van der Waals surface area contributed by atoms with E-state index in [-0.39, 0.29) is 5.78 Å². The summed E-state index contributed by atoms with van der Waals surface area (Å²) in [6.07, 6.45) is 0. The zero-order valence-corrected chi connectivity index (χ0v) is 8.96. The number of hydrogen-bond acceptors (Lipinski definition) is 1. The summed E-state index contributed by atoms with van der Waals surface area (Å²) in [6.45, 7) is 3.63. The summed E-state index contributed by atoms with van der Waals surface area (Å²) >= 11 is 22.9. The third-order valence-corrected chi connectivity index (χ3v) is 4.02. The van der Waals surface area contributed by atoms with Crippen LogP contribution < -0.4 is 0 Å². The molecule has 0 radical (unpaired) electrons. The highest BCUT2D eigenvalue weighted by molar-refractivity contribution is 6.48. The number of alkyl halides is 4. The van der Waals surface area contributed by atoms with Crippen LogP contribution in [0.15, 0.2) is 12.2 Å². The van der Waals surface area contributed by atoms with E-state index in [2.05, 4.69) is 6.58 Å². The highest BCUT2D eigenvalue weighted by Gasteiger charge is 2.43. The molecule has 1 saturated carbocycles. The van der Waals surface area contributed by atoms with Crippen molar-refractivity contribution in [3.8, 4) is 0 Å². The van der Waals surface area contributed by atoms with Gasteiger partial charge in [-0.1, -0.05) is 6.58 Å². The summed E-state index contributed by atoms with van der Waals surface area (Å²) in [5, 5.41) is -2.85. The maximum absolute atomic E-state index is 11.2. The molecule has 0 amide bonds. The first kappa shape index (κ1) is 10.6. The van der Waals surface area contributed by atoms with Gasteiger partial charge in [0.1, 0.15) is 10.8 Å². The van der Waals surface area contributed by atoms with Crippen LogP contribution in [-0.2, 0) is 4.79 Å². The fourth-order valence-electron chi connectivity index (χ4n) is 0.969. The molecule has 0 aromatic heterocycles. The summed E-state index contributed by atoms with van der Waals surface area (Å²) < 4.78 is 0. The SMILES string of the molecule is C=C1C(Cl)C(Cl)C(=O)C(Cl)C1Cl. The highest BCUT2D eigenvalue weighted by atomic mass is 35.5. The zero-order chi connectivity index (χ0) is 9.46. The fraction of sp³-hybridized carbons (Fsp3) is 0.571. The monoisotopic (exact) mass is 246 g/mol. The predicted molar refractivity (Wildman–Crippen MR) is 52.7 cm³/mol. The van der Waals surface area contributed by atoms with Gasteiger partial charge in [0, 0.05) is 0 Å². The standard InChI is InChI=1S/C7H6Cl4O/c1-2-3(8)5(10)7(12)6(11)4(2)9/h3-6H,1H2. The second-order valence-electron chi connectivity index (χ2n) is 2.58. The minimum Gasteiger partial charge on any atom is -0.296 e. The van der Waals surface area contributed by atoms with E-state index in [1.807, 2.05) is 0 Å². The van der Waals surface area contributed by atoms with E-state index >= 15 is 0 Å². The van der Waals surface area contributed by atoms with Crippen LogP contribution >= 0.6 is 46.4 Å². The van der Waals surface area contributed by atoms with E-state index in [0.29, 0.717) is 5.57 Å². The Balaban J connectivity index is 2.91. The van der Waals surface area contributed by atoms with Gasteiger partial charge >= 0.3 is 0 Å². The van der Waals surface area contributed by atoms with Gasteiger partial charge in [0.05, 0.1) is 10.8 Å². The summed E-state index contributed by atoms with van der Waals surface area (Å²) in [7, 11) is 0. The highest BCUT2D eigenvalue weighted by Crippen LogP contribution is 2.34. The normalized spacial score (nSPS) is 43.3. The zero-order valence-electron chi connectivity index (χ0n) is 5.94. The first-order valence-corrected chi connectivity index (χ1v) is 5.00. The first-order valence-electron chi connectivity index (χ1n) is 3.25. The molecule has 1 rings (SSSR count). The topological polar surface area (TPSA) is 17.1 Å². The molecule has 0 aromatic rings. The Kier molecular flexibility index (Phi) is 3.33. The van der Waals surface area contributed by atoms with Crippen LogP contribution in [0, 0.1) is 0 Å². The molecule has 0 aliphatic heterocycles. The Morgan fingerprint density at radius 3 is 1.58 bits per heavy atom. The molecule has 1 fully saturated rings. The number of allylic oxidation sites excluding steroid dienone is 1. The summed E-state index contributed by atoms with van der Waals surface area (Å²) in [6, 6.07) is 0. The van der Waals surface area contributed by atoms with E-state index in [1.54, 1.807) is 0 Å². The smallest absolute Gasteiger partial charge is 0.172 e. The van der Waals surface area contributed by atoms with Gasteiger partial charge in [-0.2, -0.15) is 0 Å². The molecule has 0 spiro atoms. The summed E-state index contributed by atoms with van der Waals surface area (Å²) in [5.74, 6) is -0.328. The van der Waals surface area contributed by atoms with Crippen LogP contribution in [-0.4, -0.2) is 27.3 Å². The molecule has 4 atom stereocenters. The van der Waals surface area contributed by atoms with E-state index in [1.165, 1.54) is 0 Å². The lowest BCUT2D eigenvalue weighted by molar-refractivity contribution is -0.118. The Morgan fingerprint density at radius 2 is 1.25 bits per heavy atom. The van der Waals surface area contributed by atoms with Crippen LogP contribution in [0.4, 0.5) is 0 Å². The van der Waals surface area contributed by atoms with Crippen LogP contribution in [0.1, 0.15) is 0 Å². The number of hydrogen-bond donors (Lipinski definition) is 0. The Morgan fingerprint density at radius 1 is 0.917 bits per heavy atom. The maximum Gasteiger partial charge on any atom is 0.172 e. The molecule has 1 nitrogen and oxygen atoms in total. The molecule has 68 valence electrons. The van der Waals surface area contributed by atoms with Crippen LogP contribution in [0.5, 0.6) is 0 Å². The maximum atomic E-state index is 11.2. The molecule has 0 saturated heterocycles. The van der Waals surface area contributed by atoms with Crippen molar-refractivity contribution in [1.82, 2.24) is 0 Å². The van der Waals surface area contributed by atoms with Crippen molar-refractivity contribution < 1.29 is 4.79 Å². The summed E-state index contributed by atoms with van der Waals surface area (Å²) in [4.78, 5) is 11.2. The number of halogens is 4. The number of rotatable bonds is 0. The molecule has 0 N–H and O–H groups in total. The van der Waals surface area contributed by atoms with E-state index < -0.39 is 21.5 Å². The van der Waals surface area contributed by atoms with Gasteiger partial charge in [0.15, 0.2) is 5.78 Å². The molecule has 0 bridgehead atoms. The Labute approximate surface area is 90.6 Å². The molecule has 0 aromatic carbocycles. The molecule has 5 heteroatoms. The minimum atomic E-state index is -0.809. The third-order valence-electron chi connectivity index (χ3n) is 1.77. The average molecular weight is 248 g/mol. The van der Waals surface area contributed by atoms with Crippen molar-refractivity contribution in [3.63, 3.8) is 0 Å². The molecular weight excluding hydrogens is 242 g/mol. The largest absolute Gasteiger partial charge is 0.296 e. The van der Waals surface area contributed by atoms with E-state index in [0.717, 1.165) is 0 Å². The summed E-state index contributed by atoms with van der Waals surface area (Å²) in [5.41, 5.74) is 0.512. The number of carbonyl (C=O) groups is 1. The van der Waals surface area contributed by atoms with E-state index in [9.17, 15) is 4.79 Å². The number of carbonyl (C=O) groups excluding carboxylic acids is 1. The lowest BCUT2D eigenvalue weighted by Gasteiger charge is -2.30. The van der Waals surface area contributed by atoms with Gasteiger partial charge in [-0.05, 0) is 5.57 Å². The molecule has 4 unspecified atom stereocenters. The predicted octanol–water partition coefficient (Wildman–Crippen LogP) is 2.55. The van der Waals surface area contributed by atoms with Crippen molar-refractivity contribution in [1.29, 1.82) is 0 Å². The molecule has 0 heterocycles. The Bertz CT molecular complexity index is 183. The van der Waals surface area contributed by atoms with Crippen molar-refractivity contribution in [2.45, 2.75) is 21.5 Å². The van der Waals surface area contributed by atoms with Crippen LogP contribution in [0.3, 0.4) is 0 Å². The van der Waals surface area contributed by atoms with Crippen molar-refractivity contribution in [3.05, 3.63) is 12.2 Å². The average Bonchev–Trinajstić information content (AvgIpc) is 2.08. The van der Waals surface area contributed by atoms with Gasteiger partial charge in [0.25, 0.3) is 0 Å². The van der Waals surface area contributed by atoms with E-state index in [4.69, 9.17) is 46.4 Å². The van der Waals surface area contributed by atoms with Crippen LogP contribution in [0.25, 0.3) is 0 Å². The van der Waals surface area contributed by atoms with Crippen LogP contribution in [0.2, 0.25) is 0 Å². The first-order chi connectivity index (χ1) is 5.46. The third kappa shape index (κ3) is 1.60. The minimum absolute atomic E-state index is 0.328.